The van der Waals surface area contributed by atoms with Gasteiger partial charge in [0.15, 0.2) is 5.65 Å². The normalized spacial score (nSPS) is 11.3. The molecule has 5 nitrogen and oxygen atoms in total. The summed E-state index contributed by atoms with van der Waals surface area (Å²) in [7, 11) is 0. The molecule has 3 heterocycles. The van der Waals surface area contributed by atoms with E-state index in [1.165, 1.54) is 0 Å². The standard InChI is InChI=1S/C16H13N5/c1-10-7-8-13-15(19-10)21(16(17)20-13)14-6-2-5-12-11(14)4-3-9-18-12/h2-9H,1H3,(H2,17,20). The summed E-state index contributed by atoms with van der Waals surface area (Å²) in [5, 5.41) is 1.02. The third-order valence-electron chi connectivity index (χ3n) is 3.53. The summed E-state index contributed by atoms with van der Waals surface area (Å²) < 4.78 is 1.88. The third kappa shape index (κ3) is 1.74. The lowest BCUT2D eigenvalue weighted by atomic mass is 10.2. The largest absolute Gasteiger partial charge is 0.369 e. The van der Waals surface area contributed by atoms with E-state index in [1.807, 2.05) is 54.0 Å². The average molecular weight is 275 g/mol. The fourth-order valence-corrected chi connectivity index (χ4v) is 2.59. The number of nitrogens with zero attached hydrogens (tertiary/aromatic N) is 4. The van der Waals surface area contributed by atoms with Crippen molar-refractivity contribution in [2.45, 2.75) is 6.92 Å². The zero-order valence-electron chi connectivity index (χ0n) is 11.5. The number of nitrogen functional groups attached to an aromatic ring is 1. The van der Waals surface area contributed by atoms with Gasteiger partial charge in [-0.15, -0.1) is 0 Å². The first-order valence-electron chi connectivity index (χ1n) is 6.70. The molecule has 0 aliphatic heterocycles. The van der Waals surface area contributed by atoms with Crippen LogP contribution in [0.15, 0.2) is 48.7 Å². The van der Waals surface area contributed by atoms with Gasteiger partial charge in [-0.05, 0) is 43.3 Å². The van der Waals surface area contributed by atoms with Gasteiger partial charge >= 0.3 is 0 Å². The molecule has 0 fully saturated rings. The lowest BCUT2D eigenvalue weighted by Gasteiger charge is -2.09. The molecule has 0 amide bonds. The molecule has 102 valence electrons. The second-order valence-corrected chi connectivity index (χ2v) is 4.95. The maximum absolute atomic E-state index is 6.12. The Morgan fingerprint density at radius 2 is 1.86 bits per heavy atom. The number of rotatable bonds is 1. The monoisotopic (exact) mass is 275 g/mol. The Kier molecular flexibility index (Phi) is 2.41. The Hall–Kier alpha value is -2.95. The van der Waals surface area contributed by atoms with Gasteiger partial charge in [-0.2, -0.15) is 0 Å². The van der Waals surface area contributed by atoms with Crippen molar-refractivity contribution < 1.29 is 0 Å². The molecular weight excluding hydrogens is 262 g/mol. The summed E-state index contributed by atoms with van der Waals surface area (Å²) in [6, 6.07) is 13.8. The molecule has 0 radical (unpaired) electrons. The van der Waals surface area contributed by atoms with Gasteiger partial charge in [0.05, 0.1) is 11.2 Å². The molecule has 21 heavy (non-hydrogen) atoms. The quantitative estimate of drug-likeness (QED) is 0.580. The van der Waals surface area contributed by atoms with E-state index in [0.29, 0.717) is 5.95 Å². The van der Waals surface area contributed by atoms with Crippen LogP contribution in [0.3, 0.4) is 0 Å². The number of benzene rings is 1. The second kappa shape index (κ2) is 4.28. The average Bonchev–Trinajstić information content (AvgIpc) is 2.82. The van der Waals surface area contributed by atoms with Crippen LogP contribution in [0.5, 0.6) is 0 Å². The summed E-state index contributed by atoms with van der Waals surface area (Å²) in [4.78, 5) is 13.4. The summed E-state index contributed by atoms with van der Waals surface area (Å²) >= 11 is 0. The van der Waals surface area contributed by atoms with Crippen molar-refractivity contribution in [1.82, 2.24) is 19.5 Å². The van der Waals surface area contributed by atoms with Crippen molar-refractivity contribution in [3.63, 3.8) is 0 Å². The molecule has 0 bridgehead atoms. The summed E-state index contributed by atoms with van der Waals surface area (Å²) in [6.07, 6.45) is 1.78. The molecule has 0 atom stereocenters. The lowest BCUT2D eigenvalue weighted by molar-refractivity contribution is 1.08. The van der Waals surface area contributed by atoms with Crippen LogP contribution in [-0.4, -0.2) is 19.5 Å². The van der Waals surface area contributed by atoms with Crippen LogP contribution >= 0.6 is 0 Å². The first-order valence-corrected chi connectivity index (χ1v) is 6.70. The number of fused-ring (bicyclic) bond motifs is 2. The van der Waals surface area contributed by atoms with E-state index < -0.39 is 0 Å². The Morgan fingerprint density at radius 3 is 2.76 bits per heavy atom. The molecule has 0 aliphatic carbocycles. The zero-order valence-corrected chi connectivity index (χ0v) is 11.5. The third-order valence-corrected chi connectivity index (χ3v) is 3.53. The van der Waals surface area contributed by atoms with Gasteiger partial charge in [-0.1, -0.05) is 6.07 Å². The number of hydrogen-bond acceptors (Lipinski definition) is 4. The Morgan fingerprint density at radius 1 is 0.952 bits per heavy atom. The van der Waals surface area contributed by atoms with Gasteiger partial charge in [0.2, 0.25) is 5.95 Å². The number of aromatic nitrogens is 4. The minimum Gasteiger partial charge on any atom is -0.369 e. The predicted molar refractivity (Wildman–Crippen MR) is 83.3 cm³/mol. The fraction of sp³-hybridized carbons (Fsp3) is 0.0625. The van der Waals surface area contributed by atoms with Crippen LogP contribution in [0.25, 0.3) is 27.8 Å². The van der Waals surface area contributed by atoms with Gasteiger partial charge in [0, 0.05) is 17.3 Å². The molecular formula is C16H13N5. The molecule has 2 N–H and O–H groups in total. The maximum Gasteiger partial charge on any atom is 0.207 e. The molecule has 0 aliphatic rings. The summed E-state index contributed by atoms with van der Waals surface area (Å²) in [5.74, 6) is 0.430. The molecule has 4 aromatic rings. The van der Waals surface area contributed by atoms with Crippen LogP contribution in [0.4, 0.5) is 5.95 Å². The highest BCUT2D eigenvalue weighted by Gasteiger charge is 2.13. The van der Waals surface area contributed by atoms with Crippen LogP contribution in [0, 0.1) is 6.92 Å². The number of nitrogens with two attached hydrogens (primary N) is 1. The SMILES string of the molecule is Cc1ccc2nc(N)n(-c3cccc4ncccc34)c2n1. The molecule has 4 rings (SSSR count). The van der Waals surface area contributed by atoms with Crippen LogP contribution in [0.1, 0.15) is 5.69 Å². The molecule has 5 heteroatoms. The summed E-state index contributed by atoms with van der Waals surface area (Å²) in [6.45, 7) is 1.96. The maximum atomic E-state index is 6.12. The molecule has 0 unspecified atom stereocenters. The van der Waals surface area contributed by atoms with E-state index in [0.717, 1.165) is 33.4 Å². The number of aryl methyl sites for hydroxylation is 1. The van der Waals surface area contributed by atoms with Crippen molar-refractivity contribution in [1.29, 1.82) is 0 Å². The van der Waals surface area contributed by atoms with Crippen molar-refractivity contribution >= 4 is 28.0 Å². The van der Waals surface area contributed by atoms with Gasteiger partial charge in [-0.25, -0.2) is 9.97 Å². The van der Waals surface area contributed by atoms with E-state index in [2.05, 4.69) is 15.0 Å². The number of imidazole rings is 1. The number of anilines is 1. The van der Waals surface area contributed by atoms with E-state index >= 15 is 0 Å². The molecule has 1 aromatic carbocycles. The topological polar surface area (TPSA) is 69.6 Å². The van der Waals surface area contributed by atoms with Crippen LogP contribution in [0.2, 0.25) is 0 Å². The Balaban J connectivity index is 2.14. The van der Waals surface area contributed by atoms with Gasteiger partial charge in [0.25, 0.3) is 0 Å². The number of pyridine rings is 2. The van der Waals surface area contributed by atoms with Crippen molar-refractivity contribution in [3.05, 3.63) is 54.4 Å². The molecule has 3 aromatic heterocycles. The Labute approximate surface area is 121 Å². The predicted octanol–water partition coefficient (Wildman–Crippen LogP) is 2.86. The highest BCUT2D eigenvalue weighted by atomic mass is 15.2. The zero-order chi connectivity index (χ0) is 14.4. The van der Waals surface area contributed by atoms with E-state index in [4.69, 9.17) is 5.73 Å². The van der Waals surface area contributed by atoms with E-state index in [9.17, 15) is 0 Å². The lowest BCUT2D eigenvalue weighted by Crippen LogP contribution is -2.02. The van der Waals surface area contributed by atoms with Gasteiger partial charge in [-0.3, -0.25) is 9.55 Å². The Bertz CT molecular complexity index is 966. The van der Waals surface area contributed by atoms with Crippen molar-refractivity contribution in [2.75, 3.05) is 5.73 Å². The van der Waals surface area contributed by atoms with E-state index in [-0.39, 0.29) is 0 Å². The minimum atomic E-state index is 0.430. The summed E-state index contributed by atoms with van der Waals surface area (Å²) in [5.41, 5.74) is 10.5. The smallest absolute Gasteiger partial charge is 0.207 e. The van der Waals surface area contributed by atoms with Crippen LogP contribution < -0.4 is 5.73 Å². The van der Waals surface area contributed by atoms with Crippen molar-refractivity contribution in [3.8, 4) is 5.69 Å². The second-order valence-electron chi connectivity index (χ2n) is 4.95. The van der Waals surface area contributed by atoms with Crippen LogP contribution in [-0.2, 0) is 0 Å². The highest BCUT2D eigenvalue weighted by Crippen LogP contribution is 2.27. The molecule has 0 spiro atoms. The van der Waals surface area contributed by atoms with E-state index in [1.54, 1.807) is 6.20 Å². The number of hydrogen-bond donors (Lipinski definition) is 1. The highest BCUT2D eigenvalue weighted by molar-refractivity contribution is 5.90. The molecule has 0 saturated heterocycles. The fourth-order valence-electron chi connectivity index (χ4n) is 2.59. The molecule has 0 saturated carbocycles. The minimum absolute atomic E-state index is 0.430. The first kappa shape index (κ1) is 11.8. The first-order chi connectivity index (χ1) is 10.2. The van der Waals surface area contributed by atoms with Crippen molar-refractivity contribution in [2.24, 2.45) is 0 Å². The van der Waals surface area contributed by atoms with Gasteiger partial charge in [0.1, 0.15) is 5.52 Å². The van der Waals surface area contributed by atoms with Gasteiger partial charge < -0.3 is 5.73 Å².